The van der Waals surface area contributed by atoms with E-state index in [4.69, 9.17) is 0 Å². The van der Waals surface area contributed by atoms with Crippen molar-refractivity contribution in [2.45, 2.75) is 26.2 Å². The Bertz CT molecular complexity index is 549. The molecule has 5 heteroatoms. The highest BCUT2D eigenvalue weighted by molar-refractivity contribution is 5.79. The van der Waals surface area contributed by atoms with E-state index in [1.807, 2.05) is 6.20 Å². The SMILES string of the molecule is Cc1ccc(N2CCC(C(=O)N3CCC(CN(C)C)C3)CC2)nc1. The number of pyridine rings is 1. The lowest BCUT2D eigenvalue weighted by atomic mass is 9.95. The second-order valence-corrected chi connectivity index (χ2v) is 7.66. The Morgan fingerprint density at radius 2 is 1.96 bits per heavy atom. The molecule has 2 saturated heterocycles. The molecule has 1 amide bonds. The van der Waals surface area contributed by atoms with E-state index >= 15 is 0 Å². The standard InChI is InChI=1S/C19H30N4O/c1-15-4-5-18(20-12-15)22-10-7-17(8-11-22)19(24)23-9-6-16(14-23)13-21(2)3/h4-5,12,16-17H,6-11,13-14H2,1-3H3. The second kappa shape index (κ2) is 7.51. The lowest BCUT2D eigenvalue weighted by molar-refractivity contribution is -0.135. The molecule has 1 aromatic rings. The molecule has 0 radical (unpaired) electrons. The molecule has 2 aliphatic rings. The first kappa shape index (κ1) is 17.2. The maximum Gasteiger partial charge on any atom is 0.225 e. The van der Waals surface area contributed by atoms with Crippen molar-refractivity contribution in [2.75, 3.05) is 51.7 Å². The number of aromatic nitrogens is 1. The normalized spacial score (nSPS) is 22.4. The van der Waals surface area contributed by atoms with Crippen molar-refractivity contribution < 1.29 is 4.79 Å². The van der Waals surface area contributed by atoms with Gasteiger partial charge in [-0.2, -0.15) is 0 Å². The number of likely N-dealkylation sites (tertiary alicyclic amines) is 1. The number of hydrogen-bond acceptors (Lipinski definition) is 4. The van der Waals surface area contributed by atoms with Gasteiger partial charge in [0.15, 0.2) is 0 Å². The molecule has 0 saturated carbocycles. The number of anilines is 1. The van der Waals surface area contributed by atoms with Crippen molar-refractivity contribution >= 4 is 11.7 Å². The summed E-state index contributed by atoms with van der Waals surface area (Å²) in [4.78, 5) is 24.0. The van der Waals surface area contributed by atoms with Gasteiger partial charge < -0.3 is 14.7 Å². The molecule has 0 aromatic carbocycles. The molecule has 2 fully saturated rings. The van der Waals surface area contributed by atoms with Gasteiger partial charge in [0.05, 0.1) is 0 Å². The average Bonchev–Trinajstić information content (AvgIpc) is 3.03. The maximum absolute atomic E-state index is 12.8. The lowest BCUT2D eigenvalue weighted by Crippen LogP contribution is -2.42. The molecule has 24 heavy (non-hydrogen) atoms. The van der Waals surface area contributed by atoms with E-state index in [9.17, 15) is 4.79 Å². The number of carbonyl (C=O) groups is 1. The summed E-state index contributed by atoms with van der Waals surface area (Å²) >= 11 is 0. The fraction of sp³-hybridized carbons (Fsp3) is 0.684. The number of rotatable bonds is 4. The highest BCUT2D eigenvalue weighted by Crippen LogP contribution is 2.26. The first-order chi connectivity index (χ1) is 11.5. The van der Waals surface area contributed by atoms with Gasteiger partial charge in [-0.15, -0.1) is 0 Å². The maximum atomic E-state index is 12.8. The summed E-state index contributed by atoms with van der Waals surface area (Å²) in [6, 6.07) is 4.19. The van der Waals surface area contributed by atoms with E-state index in [1.54, 1.807) is 0 Å². The minimum atomic E-state index is 0.199. The molecular weight excluding hydrogens is 300 g/mol. The Labute approximate surface area is 145 Å². The van der Waals surface area contributed by atoms with Crippen LogP contribution in [0, 0.1) is 18.8 Å². The van der Waals surface area contributed by atoms with Crippen LogP contribution in [0.3, 0.4) is 0 Å². The van der Waals surface area contributed by atoms with Gasteiger partial charge in [-0.1, -0.05) is 6.07 Å². The van der Waals surface area contributed by atoms with Gasteiger partial charge in [0.25, 0.3) is 0 Å². The molecule has 132 valence electrons. The van der Waals surface area contributed by atoms with Gasteiger partial charge in [-0.25, -0.2) is 4.98 Å². The molecule has 3 rings (SSSR count). The van der Waals surface area contributed by atoms with Crippen LogP contribution in [-0.4, -0.2) is 67.5 Å². The van der Waals surface area contributed by atoms with E-state index in [1.165, 1.54) is 5.56 Å². The zero-order chi connectivity index (χ0) is 17.1. The summed E-state index contributed by atoms with van der Waals surface area (Å²) in [5.74, 6) is 2.26. The molecule has 1 atom stereocenters. The van der Waals surface area contributed by atoms with Crippen LogP contribution in [0.1, 0.15) is 24.8 Å². The summed E-state index contributed by atoms with van der Waals surface area (Å²) in [5, 5.41) is 0. The van der Waals surface area contributed by atoms with Crippen LogP contribution in [-0.2, 0) is 4.79 Å². The molecule has 0 aliphatic carbocycles. The fourth-order valence-corrected chi connectivity index (χ4v) is 3.96. The van der Waals surface area contributed by atoms with Crippen LogP contribution >= 0.6 is 0 Å². The van der Waals surface area contributed by atoms with Crippen molar-refractivity contribution in [3.05, 3.63) is 23.9 Å². The van der Waals surface area contributed by atoms with Crippen LogP contribution in [0.15, 0.2) is 18.3 Å². The van der Waals surface area contributed by atoms with E-state index < -0.39 is 0 Å². The quantitative estimate of drug-likeness (QED) is 0.847. The zero-order valence-corrected chi connectivity index (χ0v) is 15.2. The Kier molecular flexibility index (Phi) is 5.39. The summed E-state index contributed by atoms with van der Waals surface area (Å²) in [5.41, 5.74) is 1.19. The van der Waals surface area contributed by atoms with Crippen molar-refractivity contribution in [3.8, 4) is 0 Å². The molecule has 2 aliphatic heterocycles. The molecule has 1 aromatic heterocycles. The van der Waals surface area contributed by atoms with Crippen molar-refractivity contribution in [1.29, 1.82) is 0 Å². The van der Waals surface area contributed by atoms with Gasteiger partial charge in [0, 0.05) is 44.8 Å². The van der Waals surface area contributed by atoms with Crippen molar-refractivity contribution in [2.24, 2.45) is 11.8 Å². The molecule has 5 nitrogen and oxygen atoms in total. The molecule has 0 N–H and O–H groups in total. The largest absolute Gasteiger partial charge is 0.357 e. The lowest BCUT2D eigenvalue weighted by Gasteiger charge is -2.34. The van der Waals surface area contributed by atoms with Gasteiger partial charge in [-0.05, 0) is 57.8 Å². The molecule has 1 unspecified atom stereocenters. The van der Waals surface area contributed by atoms with Crippen LogP contribution in [0.4, 0.5) is 5.82 Å². The number of carbonyl (C=O) groups excluding carboxylic acids is 1. The number of amides is 1. The third-order valence-electron chi connectivity index (χ3n) is 5.28. The zero-order valence-electron chi connectivity index (χ0n) is 15.2. The number of piperidine rings is 1. The molecular formula is C19H30N4O. The topological polar surface area (TPSA) is 39.7 Å². The number of aryl methyl sites for hydroxylation is 1. The van der Waals surface area contributed by atoms with E-state index in [2.05, 4.69) is 52.8 Å². The smallest absolute Gasteiger partial charge is 0.225 e. The van der Waals surface area contributed by atoms with Crippen LogP contribution < -0.4 is 4.90 Å². The van der Waals surface area contributed by atoms with E-state index in [0.29, 0.717) is 11.8 Å². The number of nitrogens with zero attached hydrogens (tertiary/aromatic N) is 4. The Hall–Kier alpha value is -1.62. The first-order valence-electron chi connectivity index (χ1n) is 9.14. The predicted molar refractivity (Wildman–Crippen MR) is 97.2 cm³/mol. The highest BCUT2D eigenvalue weighted by atomic mass is 16.2. The molecule has 3 heterocycles. The monoisotopic (exact) mass is 330 g/mol. The van der Waals surface area contributed by atoms with Gasteiger partial charge >= 0.3 is 0 Å². The number of hydrogen-bond donors (Lipinski definition) is 0. The summed E-state index contributed by atoms with van der Waals surface area (Å²) < 4.78 is 0. The summed E-state index contributed by atoms with van der Waals surface area (Å²) in [6.45, 7) is 6.89. The summed E-state index contributed by atoms with van der Waals surface area (Å²) in [6.07, 6.45) is 4.96. The Morgan fingerprint density at radius 3 is 2.58 bits per heavy atom. The van der Waals surface area contributed by atoms with E-state index in [-0.39, 0.29) is 5.92 Å². The first-order valence-corrected chi connectivity index (χ1v) is 9.14. The van der Waals surface area contributed by atoms with Gasteiger partial charge in [-0.3, -0.25) is 4.79 Å². The average molecular weight is 330 g/mol. The Balaban J connectivity index is 1.49. The highest BCUT2D eigenvalue weighted by Gasteiger charge is 2.33. The predicted octanol–water partition coefficient (Wildman–Crippen LogP) is 2.02. The minimum absolute atomic E-state index is 0.199. The Morgan fingerprint density at radius 1 is 1.21 bits per heavy atom. The minimum Gasteiger partial charge on any atom is -0.357 e. The van der Waals surface area contributed by atoms with Gasteiger partial charge in [0.2, 0.25) is 5.91 Å². The molecule has 0 spiro atoms. The third-order valence-corrected chi connectivity index (χ3v) is 5.28. The van der Waals surface area contributed by atoms with Crippen LogP contribution in [0.5, 0.6) is 0 Å². The van der Waals surface area contributed by atoms with Crippen molar-refractivity contribution in [3.63, 3.8) is 0 Å². The van der Waals surface area contributed by atoms with Crippen LogP contribution in [0.25, 0.3) is 0 Å². The van der Waals surface area contributed by atoms with Gasteiger partial charge in [0.1, 0.15) is 5.82 Å². The summed E-state index contributed by atoms with van der Waals surface area (Å²) in [7, 11) is 4.22. The third kappa shape index (κ3) is 4.07. The van der Waals surface area contributed by atoms with E-state index in [0.717, 1.165) is 57.8 Å². The van der Waals surface area contributed by atoms with Crippen molar-refractivity contribution in [1.82, 2.24) is 14.8 Å². The molecule has 0 bridgehead atoms. The second-order valence-electron chi connectivity index (χ2n) is 7.66. The van der Waals surface area contributed by atoms with Crippen LogP contribution in [0.2, 0.25) is 0 Å². The fourth-order valence-electron chi connectivity index (χ4n) is 3.96.